The van der Waals surface area contributed by atoms with Crippen LogP contribution in [0.2, 0.25) is 0 Å². The van der Waals surface area contributed by atoms with E-state index in [4.69, 9.17) is 21.4 Å². The fourth-order valence-corrected chi connectivity index (χ4v) is 2.43. The molecule has 1 atom stereocenters. The first-order chi connectivity index (χ1) is 10.9. The van der Waals surface area contributed by atoms with Crippen molar-refractivity contribution in [2.24, 2.45) is 0 Å². The molecule has 0 aliphatic carbocycles. The maximum atomic E-state index is 10.8. The summed E-state index contributed by atoms with van der Waals surface area (Å²) in [5.74, 6) is -0.240. The first-order valence-corrected chi connectivity index (χ1v) is 7.96. The number of rotatable bonds is 7. The number of aliphatic carboxylic acids is 1. The molecule has 0 aliphatic rings. The molecule has 4 nitrogen and oxygen atoms in total. The van der Waals surface area contributed by atoms with Gasteiger partial charge in [0, 0.05) is 5.41 Å². The van der Waals surface area contributed by atoms with E-state index in [1.54, 1.807) is 0 Å². The molecule has 24 heavy (non-hydrogen) atoms. The van der Waals surface area contributed by atoms with Crippen LogP contribution in [0.5, 0.6) is 5.75 Å². The highest BCUT2D eigenvalue weighted by Gasteiger charge is 2.21. The summed E-state index contributed by atoms with van der Waals surface area (Å²) in [5, 5.41) is 7.92. The van der Waals surface area contributed by atoms with Gasteiger partial charge in [0.25, 0.3) is 0 Å². The minimum atomic E-state index is -1.00. The van der Waals surface area contributed by atoms with Gasteiger partial charge in [-0.3, -0.25) is 4.79 Å². The minimum absolute atomic E-state index is 0. The molecule has 0 radical (unpaired) electrons. The molecule has 5 heteroatoms. The molecular weight excluding hydrogens is 326 g/mol. The number of hydrogen-bond donors (Lipinski definition) is 2. The Bertz CT molecular complexity index is 641. The van der Waals surface area contributed by atoms with E-state index in [0.717, 1.165) is 11.3 Å². The van der Waals surface area contributed by atoms with Crippen LogP contribution < -0.4 is 10.9 Å². The van der Waals surface area contributed by atoms with Crippen molar-refractivity contribution in [1.29, 1.82) is 0 Å². The Hall–Kier alpha value is -2.04. The van der Waals surface area contributed by atoms with Crippen molar-refractivity contribution in [1.82, 2.24) is 6.15 Å². The van der Waals surface area contributed by atoms with E-state index in [9.17, 15) is 4.79 Å². The average Bonchev–Trinajstić information content (AvgIpc) is 2.55. The number of carboxylic acid groups (broad SMARTS) is 1. The Balaban J connectivity index is 0.00000288. The maximum absolute atomic E-state index is 10.8. The summed E-state index contributed by atoms with van der Waals surface area (Å²) in [5.41, 5.74) is 2.01. The summed E-state index contributed by atoms with van der Waals surface area (Å²) < 4.78 is 5.88. The van der Waals surface area contributed by atoms with Crippen LogP contribution in [0.3, 0.4) is 0 Å². The molecule has 4 N–H and O–H groups in total. The Morgan fingerprint density at radius 3 is 2.25 bits per heavy atom. The van der Waals surface area contributed by atoms with Crippen LogP contribution >= 0.6 is 11.6 Å². The molecule has 2 rings (SSSR count). The third-order valence-electron chi connectivity index (χ3n) is 3.76. The average molecular weight is 350 g/mol. The second-order valence-corrected chi connectivity index (χ2v) is 6.72. The maximum Gasteiger partial charge on any atom is 0.321 e. The number of carbonyl (C=O) groups is 1. The second-order valence-electron chi connectivity index (χ2n) is 6.19. The fourth-order valence-electron chi connectivity index (χ4n) is 2.25. The molecule has 0 aliphatic heterocycles. The van der Waals surface area contributed by atoms with E-state index in [2.05, 4.69) is 26.0 Å². The largest absolute Gasteiger partial charge is 0.493 e. The summed E-state index contributed by atoms with van der Waals surface area (Å²) in [6, 6.07) is 17.6. The number of benzene rings is 2. The Labute approximate surface area is 148 Å². The number of ether oxygens (including phenoxy) is 1. The van der Waals surface area contributed by atoms with Crippen molar-refractivity contribution in [2.75, 3.05) is 6.61 Å². The predicted octanol–water partition coefficient (Wildman–Crippen LogP) is 4.44. The number of carboxylic acids is 1. The van der Waals surface area contributed by atoms with Crippen LogP contribution in [0.25, 0.3) is 0 Å². The molecule has 0 bridgehead atoms. The van der Waals surface area contributed by atoms with Crippen LogP contribution in [-0.2, 0) is 16.6 Å². The van der Waals surface area contributed by atoms with E-state index in [0.29, 0.717) is 13.0 Å². The second kappa shape index (κ2) is 8.71. The van der Waals surface area contributed by atoms with Gasteiger partial charge in [-0.25, -0.2) is 0 Å². The van der Waals surface area contributed by atoms with E-state index < -0.39 is 11.3 Å². The van der Waals surface area contributed by atoms with Crippen molar-refractivity contribution in [3.05, 3.63) is 65.7 Å². The molecule has 0 spiro atoms. The summed E-state index contributed by atoms with van der Waals surface area (Å²) in [6.45, 7) is 4.84. The van der Waals surface area contributed by atoms with Gasteiger partial charge in [0.15, 0.2) is 0 Å². The third-order valence-corrected chi connectivity index (χ3v) is 4.10. The van der Waals surface area contributed by atoms with Crippen molar-refractivity contribution in [3.63, 3.8) is 0 Å². The summed E-state index contributed by atoms with van der Waals surface area (Å²) in [4.78, 5) is 10.8. The van der Waals surface area contributed by atoms with Crippen molar-refractivity contribution < 1.29 is 14.6 Å². The lowest BCUT2D eigenvalue weighted by molar-refractivity contribution is -0.136. The molecule has 0 saturated heterocycles. The van der Waals surface area contributed by atoms with Crippen LogP contribution in [0.1, 0.15) is 25.0 Å². The standard InChI is InChI=1S/C19H21ClO3.H3N/c1-19(2,15-6-4-3-5-7-15)13-23-16-10-8-14(9-11-16)12-17(20)18(21)22;/h3-11,17H,12-13H2,1-2H3,(H,21,22);1H3. The predicted molar refractivity (Wildman–Crippen MR) is 97.4 cm³/mol. The topological polar surface area (TPSA) is 81.5 Å². The van der Waals surface area contributed by atoms with E-state index in [1.807, 2.05) is 42.5 Å². The SMILES string of the molecule is CC(C)(COc1ccc(CC(Cl)C(=O)O)cc1)c1ccccc1.N. The smallest absolute Gasteiger partial charge is 0.321 e. The zero-order valence-corrected chi connectivity index (χ0v) is 14.8. The van der Waals surface area contributed by atoms with E-state index >= 15 is 0 Å². The number of halogens is 1. The minimum Gasteiger partial charge on any atom is -0.493 e. The van der Waals surface area contributed by atoms with Crippen molar-refractivity contribution in [2.45, 2.75) is 31.1 Å². The van der Waals surface area contributed by atoms with Crippen LogP contribution in [-0.4, -0.2) is 23.1 Å². The monoisotopic (exact) mass is 349 g/mol. The molecule has 0 fully saturated rings. The Kier molecular flexibility index (Phi) is 7.26. The third kappa shape index (κ3) is 5.55. The molecular formula is C19H24ClNO3. The van der Waals surface area contributed by atoms with Gasteiger partial charge in [-0.05, 0) is 29.7 Å². The fraction of sp³-hybridized carbons (Fsp3) is 0.316. The molecule has 0 amide bonds. The molecule has 0 aromatic heterocycles. The van der Waals surface area contributed by atoms with Gasteiger partial charge in [0.05, 0.1) is 6.61 Å². The zero-order valence-electron chi connectivity index (χ0n) is 14.0. The van der Waals surface area contributed by atoms with Gasteiger partial charge in [0.1, 0.15) is 11.1 Å². The molecule has 2 aromatic rings. The number of alkyl halides is 1. The quantitative estimate of drug-likeness (QED) is 0.724. The first kappa shape index (κ1) is 20.0. The van der Waals surface area contributed by atoms with Gasteiger partial charge in [-0.1, -0.05) is 56.3 Å². The normalized spacial score (nSPS) is 12.1. The molecule has 1 unspecified atom stereocenters. The Morgan fingerprint density at radius 2 is 1.71 bits per heavy atom. The van der Waals surface area contributed by atoms with Crippen molar-refractivity contribution in [3.8, 4) is 5.75 Å². The lowest BCUT2D eigenvalue weighted by Gasteiger charge is -2.25. The van der Waals surface area contributed by atoms with Gasteiger partial charge >= 0.3 is 5.97 Å². The zero-order chi connectivity index (χ0) is 16.9. The lowest BCUT2D eigenvalue weighted by Crippen LogP contribution is -2.26. The van der Waals surface area contributed by atoms with Crippen LogP contribution in [0.15, 0.2) is 54.6 Å². The van der Waals surface area contributed by atoms with E-state index in [1.165, 1.54) is 5.56 Å². The molecule has 0 saturated carbocycles. The lowest BCUT2D eigenvalue weighted by atomic mass is 9.86. The molecule has 2 aromatic carbocycles. The van der Waals surface area contributed by atoms with Gasteiger partial charge in [-0.2, -0.15) is 0 Å². The molecule has 130 valence electrons. The number of hydrogen-bond acceptors (Lipinski definition) is 3. The summed E-state index contributed by atoms with van der Waals surface area (Å²) in [6.07, 6.45) is 0.298. The van der Waals surface area contributed by atoms with Crippen LogP contribution in [0, 0.1) is 0 Å². The van der Waals surface area contributed by atoms with E-state index in [-0.39, 0.29) is 11.6 Å². The first-order valence-electron chi connectivity index (χ1n) is 7.52. The highest BCUT2D eigenvalue weighted by Crippen LogP contribution is 2.24. The summed E-state index contributed by atoms with van der Waals surface area (Å²) >= 11 is 5.75. The Morgan fingerprint density at radius 1 is 1.12 bits per heavy atom. The van der Waals surface area contributed by atoms with Gasteiger partial charge in [-0.15, -0.1) is 11.6 Å². The highest BCUT2D eigenvalue weighted by molar-refractivity contribution is 6.29. The summed E-state index contributed by atoms with van der Waals surface area (Å²) in [7, 11) is 0. The van der Waals surface area contributed by atoms with Gasteiger partial charge in [0.2, 0.25) is 0 Å². The highest BCUT2D eigenvalue weighted by atomic mass is 35.5. The van der Waals surface area contributed by atoms with Gasteiger partial charge < -0.3 is 16.0 Å². The van der Waals surface area contributed by atoms with Crippen LogP contribution in [0.4, 0.5) is 0 Å². The molecule has 0 heterocycles. The van der Waals surface area contributed by atoms with Crippen molar-refractivity contribution >= 4 is 17.6 Å².